The van der Waals surface area contributed by atoms with Crippen molar-refractivity contribution in [1.29, 1.82) is 0 Å². The maximum Gasteiger partial charge on any atom is 0.337 e. The van der Waals surface area contributed by atoms with Crippen molar-refractivity contribution in [3.8, 4) is 0 Å². The predicted molar refractivity (Wildman–Crippen MR) is 74.4 cm³/mol. The number of carbonyl (C=O) groups is 1. The van der Waals surface area contributed by atoms with Crippen molar-refractivity contribution < 1.29 is 18.7 Å². The molecule has 0 atom stereocenters. The fourth-order valence-corrected chi connectivity index (χ4v) is 2.40. The van der Waals surface area contributed by atoms with Crippen LogP contribution in [0.5, 0.6) is 0 Å². The van der Waals surface area contributed by atoms with Crippen molar-refractivity contribution in [3.63, 3.8) is 0 Å². The van der Waals surface area contributed by atoms with Gasteiger partial charge in [0.05, 0.1) is 12.1 Å². The molecule has 0 bridgehead atoms. The standard InChI is InChI=1S/C16H11F2NO2/c17-11-5-6-14(18)10(7-11)8-19-9-13(16(20)21)12-3-1-2-4-15(12)19/h1-7,9H,8H2,(H,20,21). The summed E-state index contributed by atoms with van der Waals surface area (Å²) in [4.78, 5) is 11.3. The van der Waals surface area contributed by atoms with Crippen LogP contribution in [0.4, 0.5) is 8.78 Å². The first-order valence-electron chi connectivity index (χ1n) is 6.31. The quantitative estimate of drug-likeness (QED) is 0.798. The molecule has 5 heteroatoms. The molecule has 0 aliphatic carbocycles. The van der Waals surface area contributed by atoms with Crippen LogP contribution >= 0.6 is 0 Å². The summed E-state index contributed by atoms with van der Waals surface area (Å²) in [5, 5.41) is 9.78. The molecule has 2 aromatic carbocycles. The Balaban J connectivity index is 2.13. The van der Waals surface area contributed by atoms with Gasteiger partial charge in [0.15, 0.2) is 0 Å². The molecule has 3 aromatic rings. The van der Waals surface area contributed by atoms with Crippen LogP contribution in [-0.4, -0.2) is 15.6 Å². The van der Waals surface area contributed by atoms with E-state index in [1.807, 2.05) is 0 Å². The molecule has 3 rings (SSSR count). The van der Waals surface area contributed by atoms with Gasteiger partial charge in [-0.25, -0.2) is 13.6 Å². The van der Waals surface area contributed by atoms with Crippen molar-refractivity contribution in [3.05, 3.63) is 71.4 Å². The maximum absolute atomic E-state index is 13.7. The summed E-state index contributed by atoms with van der Waals surface area (Å²) >= 11 is 0. The van der Waals surface area contributed by atoms with Crippen LogP contribution in [0.2, 0.25) is 0 Å². The number of nitrogens with zero attached hydrogens (tertiary/aromatic N) is 1. The Kier molecular flexibility index (Phi) is 3.17. The molecule has 1 N–H and O–H groups in total. The maximum atomic E-state index is 13.7. The molecule has 21 heavy (non-hydrogen) atoms. The van der Waals surface area contributed by atoms with Gasteiger partial charge >= 0.3 is 5.97 Å². The molecular formula is C16H11F2NO2. The number of rotatable bonds is 3. The molecule has 0 amide bonds. The van der Waals surface area contributed by atoms with Gasteiger partial charge in [0.2, 0.25) is 0 Å². The minimum absolute atomic E-state index is 0.0669. The molecule has 0 unspecified atom stereocenters. The van der Waals surface area contributed by atoms with E-state index in [0.29, 0.717) is 10.9 Å². The second-order valence-corrected chi connectivity index (χ2v) is 4.73. The van der Waals surface area contributed by atoms with E-state index in [1.54, 1.807) is 28.8 Å². The third-order valence-corrected chi connectivity index (χ3v) is 3.37. The Labute approximate surface area is 119 Å². The lowest BCUT2D eigenvalue weighted by molar-refractivity contribution is 0.0699. The number of hydrogen-bond donors (Lipinski definition) is 1. The summed E-state index contributed by atoms with van der Waals surface area (Å²) in [5.41, 5.74) is 0.980. The number of halogens is 2. The summed E-state index contributed by atoms with van der Waals surface area (Å²) in [5.74, 6) is -2.10. The highest BCUT2D eigenvalue weighted by molar-refractivity contribution is 6.03. The topological polar surface area (TPSA) is 42.2 Å². The number of carboxylic acid groups (broad SMARTS) is 1. The number of hydrogen-bond acceptors (Lipinski definition) is 1. The van der Waals surface area contributed by atoms with E-state index < -0.39 is 17.6 Å². The van der Waals surface area contributed by atoms with E-state index in [-0.39, 0.29) is 17.7 Å². The Hall–Kier alpha value is -2.69. The summed E-state index contributed by atoms with van der Waals surface area (Å²) in [6.45, 7) is 0.0669. The Bertz CT molecular complexity index is 839. The van der Waals surface area contributed by atoms with Gasteiger partial charge in [-0.05, 0) is 24.3 Å². The van der Waals surface area contributed by atoms with Gasteiger partial charge in [0.25, 0.3) is 0 Å². The van der Waals surface area contributed by atoms with Crippen molar-refractivity contribution in [2.75, 3.05) is 0 Å². The van der Waals surface area contributed by atoms with E-state index >= 15 is 0 Å². The number of para-hydroxylation sites is 1. The fourth-order valence-electron chi connectivity index (χ4n) is 2.40. The van der Waals surface area contributed by atoms with Gasteiger partial charge in [-0.3, -0.25) is 0 Å². The van der Waals surface area contributed by atoms with E-state index in [4.69, 9.17) is 0 Å². The van der Waals surface area contributed by atoms with Crippen molar-refractivity contribution in [2.24, 2.45) is 0 Å². The molecule has 0 aliphatic heterocycles. The lowest BCUT2D eigenvalue weighted by Gasteiger charge is -2.07. The highest BCUT2D eigenvalue weighted by Gasteiger charge is 2.14. The largest absolute Gasteiger partial charge is 0.478 e. The summed E-state index contributed by atoms with van der Waals surface area (Å²) in [6.07, 6.45) is 1.44. The summed E-state index contributed by atoms with van der Waals surface area (Å²) < 4.78 is 28.6. The number of aromatic carboxylic acids is 1. The van der Waals surface area contributed by atoms with E-state index in [0.717, 1.165) is 18.2 Å². The first kappa shape index (κ1) is 13.3. The van der Waals surface area contributed by atoms with Crippen LogP contribution < -0.4 is 0 Å². The zero-order chi connectivity index (χ0) is 15.0. The molecule has 0 saturated heterocycles. The lowest BCUT2D eigenvalue weighted by atomic mass is 10.2. The molecule has 1 heterocycles. The third-order valence-electron chi connectivity index (χ3n) is 3.37. The Morgan fingerprint density at radius 2 is 1.90 bits per heavy atom. The zero-order valence-corrected chi connectivity index (χ0v) is 10.9. The molecule has 0 radical (unpaired) electrons. The average molecular weight is 287 g/mol. The van der Waals surface area contributed by atoms with Gasteiger partial charge in [-0.15, -0.1) is 0 Å². The third kappa shape index (κ3) is 2.38. The first-order chi connectivity index (χ1) is 10.1. The summed E-state index contributed by atoms with van der Waals surface area (Å²) in [6, 6.07) is 10.2. The van der Waals surface area contributed by atoms with Gasteiger partial charge in [0, 0.05) is 22.7 Å². The molecule has 0 saturated carbocycles. The van der Waals surface area contributed by atoms with Crippen LogP contribution in [-0.2, 0) is 6.54 Å². The van der Waals surface area contributed by atoms with Gasteiger partial charge in [-0.1, -0.05) is 18.2 Å². The molecule has 3 nitrogen and oxygen atoms in total. The number of fused-ring (bicyclic) bond motifs is 1. The zero-order valence-electron chi connectivity index (χ0n) is 10.9. The molecule has 0 fully saturated rings. The Morgan fingerprint density at radius 3 is 2.67 bits per heavy atom. The monoisotopic (exact) mass is 287 g/mol. The van der Waals surface area contributed by atoms with E-state index in [1.165, 1.54) is 6.20 Å². The second-order valence-electron chi connectivity index (χ2n) is 4.73. The predicted octanol–water partition coefficient (Wildman–Crippen LogP) is 3.67. The number of aromatic nitrogens is 1. The van der Waals surface area contributed by atoms with Crippen molar-refractivity contribution >= 4 is 16.9 Å². The molecule has 0 spiro atoms. The minimum Gasteiger partial charge on any atom is -0.478 e. The molecule has 106 valence electrons. The summed E-state index contributed by atoms with van der Waals surface area (Å²) in [7, 11) is 0. The molecule has 0 aliphatic rings. The van der Waals surface area contributed by atoms with Gasteiger partial charge in [-0.2, -0.15) is 0 Å². The highest BCUT2D eigenvalue weighted by atomic mass is 19.1. The number of benzene rings is 2. The Morgan fingerprint density at radius 1 is 1.14 bits per heavy atom. The minimum atomic E-state index is -1.05. The SMILES string of the molecule is O=C(O)c1cn(Cc2cc(F)ccc2F)c2ccccc12. The van der Waals surface area contributed by atoms with Crippen LogP contribution in [0.15, 0.2) is 48.7 Å². The fraction of sp³-hybridized carbons (Fsp3) is 0.0625. The lowest BCUT2D eigenvalue weighted by Crippen LogP contribution is -2.01. The molecular weight excluding hydrogens is 276 g/mol. The smallest absolute Gasteiger partial charge is 0.337 e. The van der Waals surface area contributed by atoms with Crippen LogP contribution in [0, 0.1) is 11.6 Å². The number of carboxylic acids is 1. The van der Waals surface area contributed by atoms with Crippen LogP contribution in [0.25, 0.3) is 10.9 Å². The van der Waals surface area contributed by atoms with Gasteiger partial charge < -0.3 is 9.67 Å². The van der Waals surface area contributed by atoms with E-state index in [9.17, 15) is 18.7 Å². The second kappa shape index (κ2) is 5.01. The normalized spacial score (nSPS) is 11.0. The first-order valence-corrected chi connectivity index (χ1v) is 6.31. The average Bonchev–Trinajstić information content (AvgIpc) is 2.82. The van der Waals surface area contributed by atoms with Crippen molar-refractivity contribution in [2.45, 2.75) is 6.54 Å². The van der Waals surface area contributed by atoms with Gasteiger partial charge in [0.1, 0.15) is 11.6 Å². The van der Waals surface area contributed by atoms with Crippen molar-refractivity contribution in [1.82, 2.24) is 4.57 Å². The molecule has 1 aromatic heterocycles. The highest BCUT2D eigenvalue weighted by Crippen LogP contribution is 2.23. The van der Waals surface area contributed by atoms with Crippen LogP contribution in [0.3, 0.4) is 0 Å². The van der Waals surface area contributed by atoms with Crippen LogP contribution in [0.1, 0.15) is 15.9 Å². The van der Waals surface area contributed by atoms with E-state index in [2.05, 4.69) is 0 Å².